The minimum absolute atomic E-state index is 0.0364. The normalized spacial score (nSPS) is 10.6. The monoisotopic (exact) mass is 266 g/mol. The van der Waals surface area contributed by atoms with Gasteiger partial charge >= 0.3 is 0 Å². The average molecular weight is 266 g/mol. The SMILES string of the molecule is CN(C)C(=O)CN(C)c1nc2sccn2c1C=O. The predicted octanol–water partition coefficient (Wildman–Crippen LogP) is 0.733. The first kappa shape index (κ1) is 12.6. The van der Waals surface area contributed by atoms with Crippen LogP contribution in [0.5, 0.6) is 0 Å². The van der Waals surface area contributed by atoms with E-state index in [4.69, 9.17) is 0 Å². The maximum absolute atomic E-state index is 11.6. The van der Waals surface area contributed by atoms with Gasteiger partial charge in [-0.2, -0.15) is 0 Å². The van der Waals surface area contributed by atoms with Crippen molar-refractivity contribution in [2.45, 2.75) is 0 Å². The molecule has 0 unspecified atom stereocenters. The maximum Gasteiger partial charge on any atom is 0.241 e. The summed E-state index contributed by atoms with van der Waals surface area (Å²) in [6.45, 7) is 0.193. The molecule has 0 saturated carbocycles. The van der Waals surface area contributed by atoms with Crippen molar-refractivity contribution in [3.05, 3.63) is 17.3 Å². The quantitative estimate of drug-likeness (QED) is 0.766. The average Bonchev–Trinajstić information content (AvgIpc) is 2.87. The molecule has 7 heteroatoms. The number of hydrogen-bond acceptors (Lipinski definition) is 5. The Morgan fingerprint density at radius 3 is 2.83 bits per heavy atom. The summed E-state index contributed by atoms with van der Waals surface area (Å²) in [6.07, 6.45) is 2.56. The number of imidazole rings is 1. The molecule has 96 valence electrons. The van der Waals surface area contributed by atoms with E-state index in [-0.39, 0.29) is 12.5 Å². The molecule has 0 bridgehead atoms. The number of likely N-dealkylation sites (N-methyl/N-ethyl adjacent to an activating group) is 2. The van der Waals surface area contributed by atoms with Gasteiger partial charge in [0.15, 0.2) is 17.1 Å². The van der Waals surface area contributed by atoms with Crippen molar-refractivity contribution in [3.8, 4) is 0 Å². The molecule has 0 N–H and O–H groups in total. The Morgan fingerprint density at radius 1 is 1.50 bits per heavy atom. The van der Waals surface area contributed by atoms with Crippen LogP contribution in [0.3, 0.4) is 0 Å². The molecule has 2 aromatic rings. The lowest BCUT2D eigenvalue weighted by Gasteiger charge is -2.19. The van der Waals surface area contributed by atoms with Crippen LogP contribution < -0.4 is 4.90 Å². The molecular weight excluding hydrogens is 252 g/mol. The number of thiazole rings is 1. The number of fused-ring (bicyclic) bond motifs is 1. The highest BCUT2D eigenvalue weighted by molar-refractivity contribution is 7.15. The van der Waals surface area contributed by atoms with Gasteiger partial charge in [-0.15, -0.1) is 11.3 Å². The van der Waals surface area contributed by atoms with Crippen molar-refractivity contribution in [2.24, 2.45) is 0 Å². The standard InChI is InChI=1S/C11H14N4O2S/c1-13(2)9(17)6-14(3)10-8(7-16)15-4-5-18-11(15)12-10/h4-5,7H,6H2,1-3H3. The number of carbonyl (C=O) groups excluding carboxylic acids is 2. The minimum atomic E-state index is -0.0364. The lowest BCUT2D eigenvalue weighted by molar-refractivity contribution is -0.127. The van der Waals surface area contributed by atoms with Crippen molar-refractivity contribution in [2.75, 3.05) is 32.6 Å². The Bertz CT molecular complexity index is 587. The van der Waals surface area contributed by atoms with E-state index < -0.39 is 0 Å². The lowest BCUT2D eigenvalue weighted by Crippen LogP contribution is -2.34. The molecular formula is C11H14N4O2S. The van der Waals surface area contributed by atoms with Gasteiger partial charge in [0.25, 0.3) is 0 Å². The van der Waals surface area contributed by atoms with Crippen molar-refractivity contribution in [3.63, 3.8) is 0 Å². The van der Waals surface area contributed by atoms with Gasteiger partial charge in [-0.25, -0.2) is 4.98 Å². The van der Waals surface area contributed by atoms with Gasteiger partial charge in [-0.1, -0.05) is 0 Å². The molecule has 0 radical (unpaired) electrons. The smallest absolute Gasteiger partial charge is 0.241 e. The summed E-state index contributed by atoms with van der Waals surface area (Å²) in [7, 11) is 5.14. The molecule has 0 aliphatic rings. The highest BCUT2D eigenvalue weighted by Crippen LogP contribution is 2.22. The van der Waals surface area contributed by atoms with Crippen LogP contribution in [-0.2, 0) is 4.79 Å². The van der Waals surface area contributed by atoms with E-state index in [1.807, 2.05) is 5.38 Å². The van der Waals surface area contributed by atoms with Crippen LogP contribution in [0.25, 0.3) is 4.96 Å². The van der Waals surface area contributed by atoms with Gasteiger partial charge in [0, 0.05) is 32.7 Å². The zero-order valence-electron chi connectivity index (χ0n) is 10.5. The molecule has 0 aliphatic heterocycles. The Balaban J connectivity index is 2.32. The van der Waals surface area contributed by atoms with Gasteiger partial charge in [0.2, 0.25) is 5.91 Å². The first-order valence-electron chi connectivity index (χ1n) is 5.36. The van der Waals surface area contributed by atoms with E-state index in [2.05, 4.69) is 4.98 Å². The number of amides is 1. The van der Waals surface area contributed by atoms with Crippen LogP contribution in [0, 0.1) is 0 Å². The Kier molecular flexibility index (Phi) is 3.33. The molecule has 0 fully saturated rings. The lowest BCUT2D eigenvalue weighted by atomic mass is 10.4. The number of nitrogens with zero attached hydrogens (tertiary/aromatic N) is 4. The maximum atomic E-state index is 11.6. The third-order valence-electron chi connectivity index (χ3n) is 2.62. The number of aromatic nitrogens is 2. The molecule has 0 atom stereocenters. The van der Waals surface area contributed by atoms with Crippen LogP contribution in [0.1, 0.15) is 10.5 Å². The van der Waals surface area contributed by atoms with E-state index in [9.17, 15) is 9.59 Å². The highest BCUT2D eigenvalue weighted by Gasteiger charge is 2.18. The van der Waals surface area contributed by atoms with Gasteiger partial charge in [0.1, 0.15) is 5.69 Å². The molecule has 2 aromatic heterocycles. The fourth-order valence-corrected chi connectivity index (χ4v) is 2.32. The molecule has 2 heterocycles. The topological polar surface area (TPSA) is 57.9 Å². The van der Waals surface area contributed by atoms with E-state index in [0.29, 0.717) is 11.5 Å². The van der Waals surface area contributed by atoms with Crippen LogP contribution in [-0.4, -0.2) is 54.2 Å². The van der Waals surface area contributed by atoms with E-state index >= 15 is 0 Å². The number of anilines is 1. The number of rotatable bonds is 4. The summed E-state index contributed by atoms with van der Waals surface area (Å²) in [5.74, 6) is 0.498. The van der Waals surface area contributed by atoms with Crippen LogP contribution in [0.2, 0.25) is 0 Å². The van der Waals surface area contributed by atoms with Crippen molar-refractivity contribution < 1.29 is 9.59 Å². The van der Waals surface area contributed by atoms with Crippen molar-refractivity contribution >= 4 is 34.3 Å². The largest absolute Gasteiger partial charge is 0.348 e. The second kappa shape index (κ2) is 4.77. The molecule has 18 heavy (non-hydrogen) atoms. The molecule has 0 spiro atoms. The fourth-order valence-electron chi connectivity index (χ4n) is 1.60. The van der Waals surface area contributed by atoms with Crippen LogP contribution in [0.4, 0.5) is 5.82 Å². The highest BCUT2D eigenvalue weighted by atomic mass is 32.1. The fraction of sp³-hybridized carbons (Fsp3) is 0.364. The third kappa shape index (κ3) is 2.08. The van der Waals surface area contributed by atoms with E-state index in [1.165, 1.54) is 16.2 Å². The minimum Gasteiger partial charge on any atom is -0.348 e. The first-order chi connectivity index (χ1) is 8.54. The first-order valence-corrected chi connectivity index (χ1v) is 6.24. The summed E-state index contributed by atoms with van der Waals surface area (Å²) < 4.78 is 1.73. The van der Waals surface area contributed by atoms with Gasteiger partial charge < -0.3 is 9.80 Å². The van der Waals surface area contributed by atoms with Crippen molar-refractivity contribution in [1.82, 2.24) is 14.3 Å². The molecule has 6 nitrogen and oxygen atoms in total. The van der Waals surface area contributed by atoms with Gasteiger partial charge in [0.05, 0.1) is 6.54 Å². The number of aldehydes is 1. The molecule has 0 saturated heterocycles. The summed E-state index contributed by atoms with van der Waals surface area (Å²) in [4.78, 5) is 31.1. The zero-order valence-corrected chi connectivity index (χ0v) is 11.3. The Labute approximate surface area is 108 Å². The third-order valence-corrected chi connectivity index (χ3v) is 3.38. The van der Waals surface area contributed by atoms with Crippen LogP contribution >= 0.6 is 11.3 Å². The molecule has 0 aromatic carbocycles. The predicted molar refractivity (Wildman–Crippen MR) is 70.4 cm³/mol. The summed E-state index contributed by atoms with van der Waals surface area (Å²) in [5.41, 5.74) is 0.473. The summed E-state index contributed by atoms with van der Waals surface area (Å²) in [6, 6.07) is 0. The van der Waals surface area contributed by atoms with E-state index in [0.717, 1.165) is 11.2 Å². The second-order valence-electron chi connectivity index (χ2n) is 4.14. The Morgan fingerprint density at radius 2 is 2.22 bits per heavy atom. The Hall–Kier alpha value is -1.89. The molecule has 1 amide bonds. The number of hydrogen-bond donors (Lipinski definition) is 0. The van der Waals surface area contributed by atoms with Crippen molar-refractivity contribution in [1.29, 1.82) is 0 Å². The van der Waals surface area contributed by atoms with Gasteiger partial charge in [-0.3, -0.25) is 14.0 Å². The summed E-state index contributed by atoms with van der Waals surface area (Å²) >= 11 is 1.45. The number of carbonyl (C=O) groups is 2. The summed E-state index contributed by atoms with van der Waals surface area (Å²) in [5, 5.41) is 1.87. The molecule has 0 aliphatic carbocycles. The van der Waals surface area contributed by atoms with E-state index in [1.54, 1.807) is 36.6 Å². The van der Waals surface area contributed by atoms with Crippen LogP contribution in [0.15, 0.2) is 11.6 Å². The molecule has 2 rings (SSSR count). The van der Waals surface area contributed by atoms with Gasteiger partial charge in [-0.05, 0) is 0 Å². The second-order valence-corrected chi connectivity index (χ2v) is 5.01. The zero-order chi connectivity index (χ0) is 13.3.